The Balaban J connectivity index is 2.52. The molecule has 0 aromatic rings. The Hall–Kier alpha value is 0.500. The quantitative estimate of drug-likeness (QED) is 0.498. The summed E-state index contributed by atoms with van der Waals surface area (Å²) in [4.78, 5) is 0. The summed E-state index contributed by atoms with van der Waals surface area (Å²) in [6.07, 6.45) is 7.39. The standard InChI is InChI=1S/C7H7ClI/c8-5-6-1-3-7(9)4-2-6/h1-3H,4-5H2. The van der Waals surface area contributed by atoms with E-state index in [0.717, 1.165) is 6.42 Å². The molecule has 1 rings (SSSR count). The molecule has 1 aliphatic carbocycles. The van der Waals surface area contributed by atoms with E-state index in [2.05, 4.69) is 40.8 Å². The minimum atomic E-state index is 0.639. The zero-order valence-corrected chi connectivity index (χ0v) is 7.82. The van der Waals surface area contributed by atoms with Crippen molar-refractivity contribution >= 4 is 34.2 Å². The average Bonchev–Trinajstić information content (AvgIpc) is 1.90. The first-order valence-electron chi connectivity index (χ1n) is 2.77. The van der Waals surface area contributed by atoms with Gasteiger partial charge < -0.3 is 0 Å². The van der Waals surface area contributed by atoms with Crippen molar-refractivity contribution in [1.82, 2.24) is 0 Å². The number of allylic oxidation sites excluding steroid dienone is 4. The number of hydrogen-bond acceptors (Lipinski definition) is 0. The van der Waals surface area contributed by atoms with Gasteiger partial charge in [0.1, 0.15) is 0 Å². The molecule has 0 saturated carbocycles. The van der Waals surface area contributed by atoms with Crippen LogP contribution < -0.4 is 0 Å². The van der Waals surface area contributed by atoms with Crippen LogP contribution in [0.25, 0.3) is 0 Å². The van der Waals surface area contributed by atoms with Crippen molar-refractivity contribution in [2.24, 2.45) is 0 Å². The zero-order valence-electron chi connectivity index (χ0n) is 4.90. The van der Waals surface area contributed by atoms with Crippen LogP contribution in [0.4, 0.5) is 0 Å². The maximum atomic E-state index is 5.60. The second-order valence-electron chi connectivity index (χ2n) is 1.90. The number of hydrogen-bond donors (Lipinski definition) is 0. The molecule has 0 bridgehead atoms. The van der Waals surface area contributed by atoms with Crippen LogP contribution in [-0.4, -0.2) is 5.88 Å². The van der Waals surface area contributed by atoms with Gasteiger partial charge in [0, 0.05) is 5.88 Å². The maximum absolute atomic E-state index is 5.60. The highest BCUT2D eigenvalue weighted by molar-refractivity contribution is 14.1. The molecule has 0 unspecified atom stereocenters. The number of alkyl halides is 1. The van der Waals surface area contributed by atoms with Gasteiger partial charge in [-0.3, -0.25) is 0 Å². The lowest BCUT2D eigenvalue weighted by molar-refractivity contribution is 1.20. The van der Waals surface area contributed by atoms with Crippen molar-refractivity contribution in [3.05, 3.63) is 27.7 Å². The van der Waals surface area contributed by atoms with Gasteiger partial charge >= 0.3 is 0 Å². The van der Waals surface area contributed by atoms with E-state index in [9.17, 15) is 0 Å². The summed E-state index contributed by atoms with van der Waals surface area (Å²) in [5.41, 5.74) is 1.23. The van der Waals surface area contributed by atoms with Crippen LogP contribution in [0.2, 0.25) is 0 Å². The van der Waals surface area contributed by atoms with Crippen LogP contribution >= 0.6 is 34.2 Å². The largest absolute Gasteiger partial charge is 0.122 e. The molecule has 0 fully saturated rings. The predicted molar refractivity (Wildman–Crippen MR) is 49.8 cm³/mol. The van der Waals surface area contributed by atoms with Gasteiger partial charge in [-0.15, -0.1) is 11.6 Å². The number of halogens is 2. The fourth-order valence-corrected chi connectivity index (χ4v) is 1.26. The number of rotatable bonds is 1. The SMILES string of the molecule is ClCC1=CC[C](I)C=C1. The van der Waals surface area contributed by atoms with Crippen LogP contribution in [0, 0.1) is 3.92 Å². The van der Waals surface area contributed by atoms with Crippen molar-refractivity contribution in [3.8, 4) is 0 Å². The Kier molecular flexibility index (Phi) is 3.06. The molecule has 0 aliphatic heterocycles. The summed E-state index contributed by atoms with van der Waals surface area (Å²) in [6.45, 7) is 0. The molecule has 9 heavy (non-hydrogen) atoms. The van der Waals surface area contributed by atoms with Crippen molar-refractivity contribution < 1.29 is 0 Å². The molecule has 0 N–H and O–H groups in total. The third kappa shape index (κ3) is 2.30. The smallest absolute Gasteiger partial charge is 0.0622 e. The highest BCUT2D eigenvalue weighted by Crippen LogP contribution is 2.24. The topological polar surface area (TPSA) is 0 Å². The molecule has 0 heterocycles. The Bertz CT molecular complexity index is 149. The molecule has 0 amide bonds. The van der Waals surface area contributed by atoms with Gasteiger partial charge in [0.25, 0.3) is 0 Å². The van der Waals surface area contributed by atoms with E-state index in [4.69, 9.17) is 11.6 Å². The van der Waals surface area contributed by atoms with Crippen molar-refractivity contribution in [2.45, 2.75) is 6.42 Å². The molecule has 49 valence electrons. The van der Waals surface area contributed by atoms with Gasteiger partial charge in [-0.2, -0.15) is 0 Å². The second kappa shape index (κ2) is 3.62. The fourth-order valence-electron chi connectivity index (χ4n) is 0.661. The first kappa shape index (κ1) is 7.61. The van der Waals surface area contributed by atoms with E-state index in [-0.39, 0.29) is 0 Å². The highest BCUT2D eigenvalue weighted by atomic mass is 127. The monoisotopic (exact) mass is 253 g/mol. The van der Waals surface area contributed by atoms with Crippen LogP contribution in [0.15, 0.2) is 23.8 Å². The van der Waals surface area contributed by atoms with E-state index in [0.29, 0.717) is 5.88 Å². The third-order valence-corrected chi connectivity index (χ3v) is 2.30. The molecular formula is C7H7ClI. The van der Waals surface area contributed by atoms with Gasteiger partial charge in [-0.05, 0) is 12.0 Å². The Morgan fingerprint density at radius 1 is 1.56 bits per heavy atom. The van der Waals surface area contributed by atoms with E-state index in [1.165, 1.54) is 9.50 Å². The van der Waals surface area contributed by atoms with E-state index < -0.39 is 0 Å². The molecule has 0 atom stereocenters. The van der Waals surface area contributed by atoms with Crippen molar-refractivity contribution in [2.75, 3.05) is 5.88 Å². The lowest BCUT2D eigenvalue weighted by atomic mass is 10.1. The van der Waals surface area contributed by atoms with Crippen LogP contribution in [0.1, 0.15) is 6.42 Å². The van der Waals surface area contributed by atoms with Crippen LogP contribution in [-0.2, 0) is 0 Å². The lowest BCUT2D eigenvalue weighted by Crippen LogP contribution is -1.89. The molecule has 1 radical (unpaired) electrons. The van der Waals surface area contributed by atoms with Crippen molar-refractivity contribution in [3.63, 3.8) is 0 Å². The van der Waals surface area contributed by atoms with Gasteiger partial charge in [-0.25, -0.2) is 0 Å². The Morgan fingerprint density at radius 3 is 2.78 bits per heavy atom. The summed E-state index contributed by atoms with van der Waals surface area (Å²) < 4.78 is 1.38. The summed E-state index contributed by atoms with van der Waals surface area (Å²) in [5, 5.41) is 0. The summed E-state index contributed by atoms with van der Waals surface area (Å²) >= 11 is 7.92. The molecule has 0 aromatic carbocycles. The summed E-state index contributed by atoms with van der Waals surface area (Å²) in [5.74, 6) is 0.639. The van der Waals surface area contributed by atoms with Crippen LogP contribution in [0.3, 0.4) is 0 Å². The Morgan fingerprint density at radius 2 is 2.33 bits per heavy atom. The first-order valence-corrected chi connectivity index (χ1v) is 4.38. The van der Waals surface area contributed by atoms with E-state index in [1.54, 1.807) is 0 Å². The Labute approximate surface area is 74.1 Å². The van der Waals surface area contributed by atoms with E-state index >= 15 is 0 Å². The second-order valence-corrected chi connectivity index (χ2v) is 3.55. The van der Waals surface area contributed by atoms with Crippen LogP contribution in [0.5, 0.6) is 0 Å². The molecule has 0 spiro atoms. The van der Waals surface area contributed by atoms with Crippen molar-refractivity contribution in [1.29, 1.82) is 0 Å². The fraction of sp³-hybridized carbons (Fsp3) is 0.286. The highest BCUT2D eigenvalue weighted by Gasteiger charge is 2.03. The van der Waals surface area contributed by atoms with E-state index in [1.807, 2.05) is 0 Å². The summed E-state index contributed by atoms with van der Waals surface area (Å²) in [7, 11) is 0. The van der Waals surface area contributed by atoms with Gasteiger partial charge in [0.05, 0.1) is 3.92 Å². The predicted octanol–water partition coefficient (Wildman–Crippen LogP) is 3.08. The van der Waals surface area contributed by atoms with Gasteiger partial charge in [0.2, 0.25) is 0 Å². The van der Waals surface area contributed by atoms with Gasteiger partial charge in [0.15, 0.2) is 0 Å². The zero-order chi connectivity index (χ0) is 6.69. The molecule has 2 heteroatoms. The third-order valence-electron chi connectivity index (χ3n) is 1.19. The minimum Gasteiger partial charge on any atom is -0.122 e. The normalized spacial score (nSPS) is 20.0. The molecular weight excluding hydrogens is 246 g/mol. The molecule has 0 saturated heterocycles. The first-order chi connectivity index (χ1) is 4.33. The maximum Gasteiger partial charge on any atom is 0.0622 e. The molecule has 1 aliphatic rings. The lowest BCUT2D eigenvalue weighted by Gasteiger charge is -2.06. The molecule has 0 aromatic heterocycles. The minimum absolute atomic E-state index is 0.639. The van der Waals surface area contributed by atoms with Gasteiger partial charge in [-0.1, -0.05) is 40.8 Å². The molecule has 0 nitrogen and oxygen atoms in total. The summed E-state index contributed by atoms with van der Waals surface area (Å²) in [6, 6.07) is 0. The average molecular weight is 253 g/mol.